The molecule has 3 unspecified atom stereocenters. The van der Waals surface area contributed by atoms with Gasteiger partial charge in [-0.3, -0.25) is 4.79 Å². The Morgan fingerprint density at radius 1 is 1.36 bits per heavy atom. The minimum atomic E-state index is -0.00148. The van der Waals surface area contributed by atoms with Gasteiger partial charge in [0.15, 0.2) is 0 Å². The van der Waals surface area contributed by atoms with Crippen LogP contribution in [0.25, 0.3) is 0 Å². The van der Waals surface area contributed by atoms with Crippen molar-refractivity contribution in [2.75, 3.05) is 20.2 Å². The highest BCUT2D eigenvalue weighted by atomic mass is 35.5. The molecule has 0 aromatic heterocycles. The predicted molar refractivity (Wildman–Crippen MR) is 56.5 cm³/mol. The molecule has 3 aliphatic rings. The van der Waals surface area contributed by atoms with Gasteiger partial charge in [-0.25, -0.2) is 0 Å². The van der Waals surface area contributed by atoms with Crippen LogP contribution in [0.15, 0.2) is 0 Å². The second-order valence-corrected chi connectivity index (χ2v) is 4.23. The van der Waals surface area contributed by atoms with Gasteiger partial charge in [0, 0.05) is 0 Å². The van der Waals surface area contributed by atoms with Crippen molar-refractivity contribution in [1.29, 1.82) is 0 Å². The molecule has 4 heteroatoms. The fraction of sp³-hybridized carbons (Fsp3) is 0.900. The van der Waals surface area contributed by atoms with E-state index in [0.717, 1.165) is 19.5 Å². The standard InChI is InChI=1S/C10H17NO2.ClH/c1-13-10(12)9-4-7-2-3-8(9)6-11-5-7;/h7-9,11H,2-6H2,1H3;1H. The molecule has 3 fully saturated rings. The Labute approximate surface area is 91.0 Å². The van der Waals surface area contributed by atoms with Gasteiger partial charge in [-0.2, -0.15) is 0 Å². The topological polar surface area (TPSA) is 38.3 Å². The fourth-order valence-corrected chi connectivity index (χ4v) is 2.66. The van der Waals surface area contributed by atoms with Crippen LogP contribution in [0.4, 0.5) is 0 Å². The van der Waals surface area contributed by atoms with Gasteiger partial charge in [-0.15, -0.1) is 12.4 Å². The van der Waals surface area contributed by atoms with E-state index in [1.54, 1.807) is 0 Å². The molecule has 0 aromatic carbocycles. The van der Waals surface area contributed by atoms with E-state index in [9.17, 15) is 4.79 Å². The minimum absolute atomic E-state index is 0. The molecule has 14 heavy (non-hydrogen) atoms. The highest BCUT2D eigenvalue weighted by molar-refractivity contribution is 5.85. The number of halogens is 1. The summed E-state index contributed by atoms with van der Waals surface area (Å²) in [6.07, 6.45) is 3.51. The summed E-state index contributed by atoms with van der Waals surface area (Å²) in [5, 5.41) is 3.41. The van der Waals surface area contributed by atoms with Gasteiger partial charge in [0.25, 0.3) is 0 Å². The number of carbonyl (C=O) groups is 1. The summed E-state index contributed by atoms with van der Waals surface area (Å²) >= 11 is 0. The number of methoxy groups -OCH3 is 1. The molecule has 0 spiro atoms. The smallest absolute Gasteiger partial charge is 0.308 e. The van der Waals surface area contributed by atoms with Crippen LogP contribution < -0.4 is 5.32 Å². The quantitative estimate of drug-likeness (QED) is 0.674. The number of esters is 1. The van der Waals surface area contributed by atoms with Gasteiger partial charge in [0.2, 0.25) is 0 Å². The van der Waals surface area contributed by atoms with Gasteiger partial charge in [0.1, 0.15) is 0 Å². The summed E-state index contributed by atoms with van der Waals surface area (Å²) in [6, 6.07) is 0. The molecule has 1 aliphatic carbocycles. The second-order valence-electron chi connectivity index (χ2n) is 4.23. The lowest BCUT2D eigenvalue weighted by atomic mass is 9.75. The Morgan fingerprint density at radius 3 is 2.86 bits per heavy atom. The molecule has 3 nitrogen and oxygen atoms in total. The molecule has 0 amide bonds. The van der Waals surface area contributed by atoms with Crippen molar-refractivity contribution in [2.45, 2.75) is 19.3 Å². The monoisotopic (exact) mass is 219 g/mol. The first-order valence-corrected chi connectivity index (χ1v) is 5.10. The number of hydrogen-bond donors (Lipinski definition) is 1. The molecule has 0 radical (unpaired) electrons. The van der Waals surface area contributed by atoms with Crippen molar-refractivity contribution in [1.82, 2.24) is 5.32 Å². The lowest BCUT2D eigenvalue weighted by Gasteiger charge is -2.29. The normalized spacial score (nSPS) is 35.6. The van der Waals surface area contributed by atoms with Crippen molar-refractivity contribution in [3.8, 4) is 0 Å². The van der Waals surface area contributed by atoms with E-state index in [1.807, 2.05) is 0 Å². The number of ether oxygens (including phenoxy) is 1. The molecule has 2 aliphatic heterocycles. The molecule has 0 aromatic rings. The van der Waals surface area contributed by atoms with Crippen LogP contribution in [0.1, 0.15) is 19.3 Å². The van der Waals surface area contributed by atoms with Crippen molar-refractivity contribution in [2.24, 2.45) is 17.8 Å². The lowest BCUT2D eigenvalue weighted by molar-refractivity contribution is -0.148. The van der Waals surface area contributed by atoms with Crippen molar-refractivity contribution >= 4 is 18.4 Å². The van der Waals surface area contributed by atoms with E-state index in [2.05, 4.69) is 5.32 Å². The van der Waals surface area contributed by atoms with Gasteiger partial charge < -0.3 is 10.1 Å². The predicted octanol–water partition coefficient (Wildman–Crippen LogP) is 1.22. The number of rotatable bonds is 1. The Bertz CT molecular complexity index is 206. The molecular weight excluding hydrogens is 202 g/mol. The van der Waals surface area contributed by atoms with E-state index < -0.39 is 0 Å². The first-order valence-electron chi connectivity index (χ1n) is 5.10. The number of nitrogens with one attached hydrogen (secondary N) is 1. The summed E-state index contributed by atoms with van der Waals surface area (Å²) in [5.41, 5.74) is 0. The van der Waals surface area contributed by atoms with Crippen LogP contribution in [-0.2, 0) is 9.53 Å². The molecule has 82 valence electrons. The molecular formula is C10H18ClNO2. The zero-order chi connectivity index (χ0) is 9.26. The zero-order valence-electron chi connectivity index (χ0n) is 8.49. The van der Waals surface area contributed by atoms with Gasteiger partial charge in [-0.05, 0) is 44.2 Å². The van der Waals surface area contributed by atoms with Crippen LogP contribution >= 0.6 is 12.4 Å². The summed E-state index contributed by atoms with van der Waals surface area (Å²) in [7, 11) is 1.49. The third kappa shape index (κ3) is 2.20. The highest BCUT2D eigenvalue weighted by Crippen LogP contribution is 2.36. The minimum Gasteiger partial charge on any atom is -0.469 e. The molecule has 1 N–H and O–H groups in total. The first-order chi connectivity index (χ1) is 6.31. The Balaban J connectivity index is 0.000000980. The third-order valence-corrected chi connectivity index (χ3v) is 3.45. The molecule has 3 rings (SSSR count). The summed E-state index contributed by atoms with van der Waals surface area (Å²) in [4.78, 5) is 11.5. The fourth-order valence-electron chi connectivity index (χ4n) is 2.66. The Morgan fingerprint density at radius 2 is 2.14 bits per heavy atom. The van der Waals surface area contributed by atoms with Crippen LogP contribution in [0.3, 0.4) is 0 Å². The Hall–Kier alpha value is -0.280. The molecule has 3 atom stereocenters. The summed E-state index contributed by atoms with van der Waals surface area (Å²) in [5.74, 6) is 1.38. The second kappa shape index (κ2) is 4.99. The Kier molecular flexibility index (Phi) is 4.20. The molecule has 2 bridgehead atoms. The van der Waals surface area contributed by atoms with E-state index in [4.69, 9.17) is 4.74 Å². The van der Waals surface area contributed by atoms with Crippen LogP contribution in [-0.4, -0.2) is 26.2 Å². The largest absolute Gasteiger partial charge is 0.469 e. The third-order valence-electron chi connectivity index (χ3n) is 3.45. The van der Waals surface area contributed by atoms with Crippen molar-refractivity contribution in [3.05, 3.63) is 0 Å². The van der Waals surface area contributed by atoms with Gasteiger partial charge >= 0.3 is 5.97 Å². The van der Waals surface area contributed by atoms with Gasteiger partial charge in [-0.1, -0.05) is 0 Å². The molecule has 1 saturated carbocycles. The van der Waals surface area contributed by atoms with E-state index >= 15 is 0 Å². The SMILES string of the molecule is COC(=O)C1CC2CCC1CNC2.Cl. The number of carbonyl (C=O) groups excluding carboxylic acids is 1. The number of hydrogen-bond acceptors (Lipinski definition) is 3. The van der Waals surface area contributed by atoms with Gasteiger partial charge in [0.05, 0.1) is 13.0 Å². The van der Waals surface area contributed by atoms with Crippen LogP contribution in [0.5, 0.6) is 0 Å². The van der Waals surface area contributed by atoms with E-state index in [1.165, 1.54) is 20.0 Å². The average molecular weight is 220 g/mol. The molecule has 2 saturated heterocycles. The molecule has 2 heterocycles. The van der Waals surface area contributed by atoms with E-state index in [-0.39, 0.29) is 24.3 Å². The lowest BCUT2D eigenvalue weighted by Crippen LogP contribution is -2.31. The number of fused-ring (bicyclic) bond motifs is 4. The first kappa shape index (κ1) is 11.8. The highest BCUT2D eigenvalue weighted by Gasteiger charge is 2.37. The summed E-state index contributed by atoms with van der Waals surface area (Å²) in [6.45, 7) is 2.08. The van der Waals surface area contributed by atoms with Crippen molar-refractivity contribution < 1.29 is 9.53 Å². The maximum absolute atomic E-state index is 11.5. The summed E-state index contributed by atoms with van der Waals surface area (Å²) < 4.78 is 4.83. The zero-order valence-corrected chi connectivity index (χ0v) is 9.31. The average Bonchev–Trinajstić information content (AvgIpc) is 2.50. The van der Waals surface area contributed by atoms with Crippen LogP contribution in [0, 0.1) is 17.8 Å². The van der Waals surface area contributed by atoms with Crippen molar-refractivity contribution in [3.63, 3.8) is 0 Å². The maximum atomic E-state index is 11.5. The van der Waals surface area contributed by atoms with Crippen LogP contribution in [0.2, 0.25) is 0 Å². The van der Waals surface area contributed by atoms with E-state index in [0.29, 0.717) is 11.8 Å². The maximum Gasteiger partial charge on any atom is 0.308 e.